The standard InChI is InChI=1S/C6H14N2O2/c1-4(5(2)9)8(3)6(7)10/h4-5,9H,1-3H3,(H2,7,10). The molecule has 3 N–H and O–H groups in total. The largest absolute Gasteiger partial charge is 0.391 e. The molecule has 0 aliphatic heterocycles. The van der Waals surface area contributed by atoms with Gasteiger partial charge in [0.1, 0.15) is 0 Å². The minimum atomic E-state index is -0.544. The summed E-state index contributed by atoms with van der Waals surface area (Å²) in [4.78, 5) is 11.8. The number of carbonyl (C=O) groups excluding carboxylic acids is 1. The second kappa shape index (κ2) is 3.41. The van der Waals surface area contributed by atoms with Gasteiger partial charge in [-0.05, 0) is 13.8 Å². The Bertz CT molecular complexity index is 125. The molecule has 0 aromatic rings. The van der Waals surface area contributed by atoms with Gasteiger partial charge in [0.05, 0.1) is 12.1 Å². The number of aliphatic hydroxyl groups excluding tert-OH is 1. The second-order valence-electron chi connectivity index (χ2n) is 2.43. The maximum Gasteiger partial charge on any atom is 0.314 e. The molecule has 0 spiro atoms. The van der Waals surface area contributed by atoms with E-state index in [1.807, 2.05) is 0 Å². The van der Waals surface area contributed by atoms with E-state index in [4.69, 9.17) is 10.8 Å². The van der Waals surface area contributed by atoms with Crippen LogP contribution in [-0.4, -0.2) is 35.2 Å². The smallest absolute Gasteiger partial charge is 0.314 e. The fourth-order valence-electron chi connectivity index (χ4n) is 0.524. The van der Waals surface area contributed by atoms with E-state index in [0.29, 0.717) is 0 Å². The van der Waals surface area contributed by atoms with Crippen molar-refractivity contribution in [1.29, 1.82) is 0 Å². The van der Waals surface area contributed by atoms with Gasteiger partial charge >= 0.3 is 6.03 Å². The Kier molecular flexibility index (Phi) is 3.15. The summed E-state index contributed by atoms with van der Waals surface area (Å²) in [6.07, 6.45) is -0.544. The Balaban J connectivity index is 3.94. The molecule has 0 bridgehead atoms. The zero-order valence-electron chi connectivity index (χ0n) is 6.53. The van der Waals surface area contributed by atoms with Crippen LogP contribution in [-0.2, 0) is 0 Å². The average Bonchev–Trinajstić information content (AvgIpc) is 1.84. The first-order valence-corrected chi connectivity index (χ1v) is 3.17. The molecule has 10 heavy (non-hydrogen) atoms. The van der Waals surface area contributed by atoms with Crippen LogP contribution >= 0.6 is 0 Å². The molecule has 2 atom stereocenters. The summed E-state index contributed by atoms with van der Waals surface area (Å²) in [5.41, 5.74) is 4.95. The van der Waals surface area contributed by atoms with E-state index >= 15 is 0 Å². The Hall–Kier alpha value is -0.770. The molecule has 0 aliphatic carbocycles. The fraction of sp³-hybridized carbons (Fsp3) is 0.833. The highest BCUT2D eigenvalue weighted by Crippen LogP contribution is 1.99. The van der Waals surface area contributed by atoms with Gasteiger partial charge in [0.2, 0.25) is 0 Å². The molecule has 0 aliphatic rings. The number of aliphatic hydroxyl groups is 1. The van der Waals surface area contributed by atoms with Crippen LogP contribution in [0.5, 0.6) is 0 Å². The molecule has 2 unspecified atom stereocenters. The topological polar surface area (TPSA) is 66.6 Å². The van der Waals surface area contributed by atoms with Crippen molar-refractivity contribution in [2.45, 2.75) is 26.0 Å². The Morgan fingerprint density at radius 2 is 2.00 bits per heavy atom. The molecule has 0 radical (unpaired) electrons. The Morgan fingerprint density at radius 3 is 2.10 bits per heavy atom. The third kappa shape index (κ3) is 2.23. The minimum absolute atomic E-state index is 0.225. The highest BCUT2D eigenvalue weighted by Gasteiger charge is 2.16. The summed E-state index contributed by atoms with van der Waals surface area (Å²) >= 11 is 0. The van der Waals surface area contributed by atoms with E-state index in [9.17, 15) is 4.79 Å². The van der Waals surface area contributed by atoms with Crippen LogP contribution in [0.15, 0.2) is 0 Å². The number of primary amides is 1. The summed E-state index contributed by atoms with van der Waals surface area (Å²) in [5.74, 6) is 0. The fourth-order valence-corrected chi connectivity index (χ4v) is 0.524. The third-order valence-corrected chi connectivity index (χ3v) is 1.66. The lowest BCUT2D eigenvalue weighted by Gasteiger charge is -2.24. The van der Waals surface area contributed by atoms with E-state index < -0.39 is 12.1 Å². The van der Waals surface area contributed by atoms with Gasteiger partial charge in [0, 0.05) is 7.05 Å². The first-order chi connectivity index (χ1) is 4.46. The van der Waals surface area contributed by atoms with Crippen molar-refractivity contribution < 1.29 is 9.90 Å². The summed E-state index contributed by atoms with van der Waals surface area (Å²) in [6.45, 7) is 3.35. The Morgan fingerprint density at radius 1 is 1.60 bits per heavy atom. The summed E-state index contributed by atoms with van der Waals surface area (Å²) in [5, 5.41) is 8.99. The van der Waals surface area contributed by atoms with Crippen molar-refractivity contribution in [3.63, 3.8) is 0 Å². The molecule has 0 heterocycles. The SMILES string of the molecule is CC(O)C(C)N(C)C(N)=O. The van der Waals surface area contributed by atoms with Crippen LogP contribution in [0.3, 0.4) is 0 Å². The highest BCUT2D eigenvalue weighted by atomic mass is 16.3. The van der Waals surface area contributed by atoms with Gasteiger partial charge < -0.3 is 15.7 Å². The van der Waals surface area contributed by atoms with Crippen molar-refractivity contribution in [2.24, 2.45) is 5.73 Å². The summed E-state index contributed by atoms with van der Waals surface area (Å²) < 4.78 is 0. The molecular weight excluding hydrogens is 132 g/mol. The van der Waals surface area contributed by atoms with Crippen molar-refractivity contribution in [2.75, 3.05) is 7.05 Å². The van der Waals surface area contributed by atoms with E-state index in [-0.39, 0.29) is 6.04 Å². The van der Waals surface area contributed by atoms with E-state index in [1.54, 1.807) is 20.9 Å². The molecule has 0 fully saturated rings. The van der Waals surface area contributed by atoms with Gasteiger partial charge in [-0.1, -0.05) is 0 Å². The maximum atomic E-state index is 10.5. The lowest BCUT2D eigenvalue weighted by Crippen LogP contribution is -2.44. The van der Waals surface area contributed by atoms with Gasteiger partial charge in [-0.3, -0.25) is 0 Å². The molecule has 0 aromatic heterocycles. The number of carbonyl (C=O) groups is 1. The van der Waals surface area contributed by atoms with Crippen LogP contribution in [0, 0.1) is 0 Å². The van der Waals surface area contributed by atoms with Crippen LogP contribution in [0.1, 0.15) is 13.8 Å². The van der Waals surface area contributed by atoms with Gasteiger partial charge in [-0.2, -0.15) is 0 Å². The molecule has 4 nitrogen and oxygen atoms in total. The minimum Gasteiger partial charge on any atom is -0.391 e. The van der Waals surface area contributed by atoms with Crippen LogP contribution < -0.4 is 5.73 Å². The molecule has 2 amide bonds. The first-order valence-electron chi connectivity index (χ1n) is 3.17. The molecular formula is C6H14N2O2. The van der Waals surface area contributed by atoms with Crippen molar-refractivity contribution in [1.82, 2.24) is 4.90 Å². The number of rotatable bonds is 2. The molecule has 60 valence electrons. The van der Waals surface area contributed by atoms with Gasteiger partial charge in [0.25, 0.3) is 0 Å². The predicted octanol–water partition coefficient (Wildman–Crippen LogP) is -0.234. The molecule has 0 aromatic carbocycles. The van der Waals surface area contributed by atoms with Gasteiger partial charge in [-0.15, -0.1) is 0 Å². The highest BCUT2D eigenvalue weighted by molar-refractivity contribution is 5.71. The first kappa shape index (κ1) is 9.23. The second-order valence-corrected chi connectivity index (χ2v) is 2.43. The number of likely N-dealkylation sites (N-methyl/N-ethyl adjacent to an activating group) is 1. The maximum absolute atomic E-state index is 10.5. The zero-order chi connectivity index (χ0) is 8.31. The predicted molar refractivity (Wildman–Crippen MR) is 38.5 cm³/mol. The van der Waals surface area contributed by atoms with Gasteiger partial charge in [-0.25, -0.2) is 4.79 Å². The zero-order valence-corrected chi connectivity index (χ0v) is 6.53. The van der Waals surface area contributed by atoms with Crippen LogP contribution in [0.2, 0.25) is 0 Å². The molecule has 0 rings (SSSR count). The van der Waals surface area contributed by atoms with Crippen molar-refractivity contribution >= 4 is 6.03 Å². The monoisotopic (exact) mass is 146 g/mol. The Labute approximate surface area is 60.6 Å². The number of hydrogen-bond acceptors (Lipinski definition) is 2. The summed E-state index contributed by atoms with van der Waals surface area (Å²) in [7, 11) is 1.56. The van der Waals surface area contributed by atoms with E-state index in [0.717, 1.165) is 0 Å². The van der Waals surface area contributed by atoms with E-state index in [2.05, 4.69) is 0 Å². The van der Waals surface area contributed by atoms with E-state index in [1.165, 1.54) is 4.90 Å². The number of nitrogens with two attached hydrogens (primary N) is 1. The third-order valence-electron chi connectivity index (χ3n) is 1.66. The number of urea groups is 1. The molecule has 4 heteroatoms. The average molecular weight is 146 g/mol. The van der Waals surface area contributed by atoms with Gasteiger partial charge in [0.15, 0.2) is 0 Å². The summed E-state index contributed by atoms with van der Waals surface area (Å²) in [6, 6.07) is -0.745. The van der Waals surface area contributed by atoms with Crippen molar-refractivity contribution in [3.8, 4) is 0 Å². The normalized spacial score (nSPS) is 16.0. The lowest BCUT2D eigenvalue weighted by molar-refractivity contribution is 0.102. The number of nitrogens with zero attached hydrogens (tertiary/aromatic N) is 1. The lowest BCUT2D eigenvalue weighted by atomic mass is 10.2. The number of hydrogen-bond donors (Lipinski definition) is 2. The quantitative estimate of drug-likeness (QED) is 0.565. The van der Waals surface area contributed by atoms with Crippen LogP contribution in [0.4, 0.5) is 4.79 Å². The number of amides is 2. The molecule has 0 saturated carbocycles. The molecule has 0 saturated heterocycles. The van der Waals surface area contributed by atoms with Crippen molar-refractivity contribution in [3.05, 3.63) is 0 Å². The van der Waals surface area contributed by atoms with Crippen LogP contribution in [0.25, 0.3) is 0 Å².